The van der Waals surface area contributed by atoms with E-state index in [4.69, 9.17) is 0 Å². The zero-order chi connectivity index (χ0) is 20.1. The van der Waals surface area contributed by atoms with E-state index in [1.807, 2.05) is 47.1 Å². The smallest absolute Gasteiger partial charge is 0.266 e. The number of anilines is 1. The van der Waals surface area contributed by atoms with E-state index in [1.165, 1.54) is 18.2 Å². The fourth-order valence-corrected chi connectivity index (χ4v) is 3.64. The second-order valence-electron chi connectivity index (χ2n) is 6.81. The van der Waals surface area contributed by atoms with Crippen molar-refractivity contribution in [2.45, 2.75) is 0 Å². The topological polar surface area (TPSA) is 81.9 Å². The summed E-state index contributed by atoms with van der Waals surface area (Å²) in [5.41, 5.74) is 3.38. The third-order valence-electron chi connectivity index (χ3n) is 5.06. The highest BCUT2D eigenvalue weighted by Gasteiger charge is 2.36. The molecule has 6 nitrogen and oxygen atoms in total. The van der Waals surface area contributed by atoms with Crippen molar-refractivity contribution in [1.29, 1.82) is 0 Å². The Hall–Kier alpha value is -4.19. The van der Waals surface area contributed by atoms with Gasteiger partial charge < -0.3 is 14.3 Å². The first-order valence-corrected chi connectivity index (χ1v) is 8.94. The van der Waals surface area contributed by atoms with Crippen molar-refractivity contribution in [2.24, 2.45) is 0 Å². The van der Waals surface area contributed by atoms with Gasteiger partial charge in [-0.3, -0.25) is 9.59 Å². The molecule has 1 aliphatic heterocycles. The Bertz CT molecular complexity index is 1300. The van der Waals surface area contributed by atoms with E-state index in [0.717, 1.165) is 21.5 Å². The van der Waals surface area contributed by atoms with Crippen LogP contribution in [0.25, 0.3) is 16.6 Å². The fourth-order valence-electron chi connectivity index (χ4n) is 3.64. The highest BCUT2D eigenvalue weighted by molar-refractivity contribution is 6.34. The Labute approximate surface area is 165 Å². The molecule has 0 unspecified atom stereocenters. The normalized spacial score (nSPS) is 13.2. The third-order valence-corrected chi connectivity index (χ3v) is 5.06. The number of pyridine rings is 1. The number of benzene rings is 2. The standard InChI is InChI=1S/C23H14N2O4/c26-21-19-8-7-15(23(28)29)12-20(19)22(27)25(21)18-6-3-4-14(10-18)16-11-17-5-1-2-9-24(17)13-16/h1-13H,(H,28,29)/p-1. The maximum Gasteiger partial charge on any atom is 0.266 e. The minimum atomic E-state index is -1.39. The summed E-state index contributed by atoms with van der Waals surface area (Å²) in [5.74, 6) is -2.42. The van der Waals surface area contributed by atoms with E-state index >= 15 is 0 Å². The molecule has 0 spiro atoms. The Morgan fingerprint density at radius 2 is 1.62 bits per heavy atom. The van der Waals surface area contributed by atoms with Crippen LogP contribution in [0.5, 0.6) is 0 Å². The number of amides is 2. The number of carboxylic acid groups (broad SMARTS) is 1. The van der Waals surface area contributed by atoms with Gasteiger partial charge in [0.25, 0.3) is 11.8 Å². The lowest BCUT2D eigenvalue weighted by Gasteiger charge is -2.14. The first kappa shape index (κ1) is 16.9. The largest absolute Gasteiger partial charge is 0.545 e. The summed E-state index contributed by atoms with van der Waals surface area (Å²) in [6, 6.07) is 18.9. The van der Waals surface area contributed by atoms with Crippen LogP contribution >= 0.6 is 0 Å². The Kier molecular flexibility index (Phi) is 3.61. The molecule has 0 N–H and O–H groups in total. The molecule has 0 atom stereocenters. The molecule has 5 rings (SSSR count). The quantitative estimate of drug-likeness (QED) is 0.511. The van der Waals surface area contributed by atoms with E-state index < -0.39 is 17.8 Å². The predicted octanol–water partition coefficient (Wildman–Crippen LogP) is 2.77. The molecule has 3 heterocycles. The molecule has 0 fully saturated rings. The van der Waals surface area contributed by atoms with Crippen LogP contribution in [-0.2, 0) is 0 Å². The van der Waals surface area contributed by atoms with E-state index in [9.17, 15) is 19.5 Å². The summed E-state index contributed by atoms with van der Waals surface area (Å²) in [5, 5.41) is 11.1. The second-order valence-corrected chi connectivity index (χ2v) is 6.81. The molecule has 2 amide bonds. The number of nitrogens with zero attached hydrogens (tertiary/aromatic N) is 2. The van der Waals surface area contributed by atoms with E-state index in [-0.39, 0.29) is 16.7 Å². The van der Waals surface area contributed by atoms with Crippen LogP contribution in [0.1, 0.15) is 31.1 Å². The Morgan fingerprint density at radius 1 is 0.793 bits per heavy atom. The van der Waals surface area contributed by atoms with Crippen molar-refractivity contribution in [2.75, 3.05) is 4.90 Å². The minimum Gasteiger partial charge on any atom is -0.545 e. The maximum atomic E-state index is 12.9. The van der Waals surface area contributed by atoms with Crippen molar-refractivity contribution in [3.8, 4) is 11.1 Å². The molecule has 0 aliphatic carbocycles. The van der Waals surface area contributed by atoms with Gasteiger partial charge in [0.15, 0.2) is 0 Å². The highest BCUT2D eigenvalue weighted by atomic mass is 16.4. The van der Waals surface area contributed by atoms with Gasteiger partial charge in [-0.25, -0.2) is 4.90 Å². The van der Waals surface area contributed by atoms with Gasteiger partial charge in [-0.1, -0.05) is 24.3 Å². The summed E-state index contributed by atoms with van der Waals surface area (Å²) in [4.78, 5) is 37.8. The number of aromatic carboxylic acids is 1. The van der Waals surface area contributed by atoms with E-state index in [2.05, 4.69) is 0 Å². The SMILES string of the molecule is O=C([O-])c1ccc2c(c1)C(=O)N(c1cccc(-c3cc4ccccn4c3)c1)C2=O. The molecule has 1 aliphatic rings. The molecule has 2 aromatic heterocycles. The number of hydrogen-bond acceptors (Lipinski definition) is 4. The number of rotatable bonds is 3. The number of imide groups is 1. The average Bonchev–Trinajstić information content (AvgIpc) is 3.27. The summed E-state index contributed by atoms with van der Waals surface area (Å²) in [6.45, 7) is 0. The van der Waals surface area contributed by atoms with Crippen LogP contribution in [0.3, 0.4) is 0 Å². The van der Waals surface area contributed by atoms with Crippen LogP contribution in [0.2, 0.25) is 0 Å². The van der Waals surface area contributed by atoms with Crippen molar-refractivity contribution in [1.82, 2.24) is 4.40 Å². The van der Waals surface area contributed by atoms with Gasteiger partial charge in [0.05, 0.1) is 22.8 Å². The zero-order valence-corrected chi connectivity index (χ0v) is 15.0. The summed E-state index contributed by atoms with van der Waals surface area (Å²) >= 11 is 0. The maximum absolute atomic E-state index is 12.9. The van der Waals surface area contributed by atoms with Crippen LogP contribution in [0, 0.1) is 0 Å². The zero-order valence-electron chi connectivity index (χ0n) is 15.0. The lowest BCUT2D eigenvalue weighted by molar-refractivity contribution is -0.255. The monoisotopic (exact) mass is 381 g/mol. The highest BCUT2D eigenvalue weighted by Crippen LogP contribution is 2.32. The Morgan fingerprint density at radius 3 is 2.41 bits per heavy atom. The number of fused-ring (bicyclic) bond motifs is 2. The summed E-state index contributed by atoms with van der Waals surface area (Å²) < 4.78 is 1.99. The third kappa shape index (κ3) is 2.62. The number of carboxylic acids is 1. The lowest BCUT2D eigenvalue weighted by Crippen LogP contribution is -2.29. The average molecular weight is 381 g/mol. The number of aromatic nitrogens is 1. The number of hydrogen-bond donors (Lipinski definition) is 0. The molecule has 4 aromatic rings. The predicted molar refractivity (Wildman–Crippen MR) is 105 cm³/mol. The van der Waals surface area contributed by atoms with Crippen LogP contribution in [-0.4, -0.2) is 22.2 Å². The molecule has 2 aromatic carbocycles. The fraction of sp³-hybridized carbons (Fsp3) is 0. The van der Waals surface area contributed by atoms with Gasteiger partial charge in [0.2, 0.25) is 0 Å². The Balaban J connectivity index is 1.56. The van der Waals surface area contributed by atoms with E-state index in [1.54, 1.807) is 18.2 Å². The van der Waals surface area contributed by atoms with Gasteiger partial charge >= 0.3 is 0 Å². The van der Waals surface area contributed by atoms with Crippen LogP contribution in [0.15, 0.2) is 79.1 Å². The van der Waals surface area contributed by atoms with Crippen molar-refractivity contribution >= 4 is 29.0 Å². The summed E-state index contributed by atoms with van der Waals surface area (Å²) in [7, 11) is 0. The molecule has 140 valence electrons. The minimum absolute atomic E-state index is 0.0664. The van der Waals surface area contributed by atoms with Gasteiger partial charge in [0.1, 0.15) is 0 Å². The molecule has 6 heteroatoms. The molecule has 0 saturated heterocycles. The van der Waals surface area contributed by atoms with Crippen LogP contribution < -0.4 is 10.0 Å². The van der Waals surface area contributed by atoms with Gasteiger partial charge in [-0.15, -0.1) is 0 Å². The molecule has 29 heavy (non-hydrogen) atoms. The number of carbonyl (C=O) groups is 3. The molecule has 0 saturated carbocycles. The van der Waals surface area contributed by atoms with Crippen molar-refractivity contribution < 1.29 is 19.5 Å². The van der Waals surface area contributed by atoms with Gasteiger partial charge in [-0.05, 0) is 53.6 Å². The molecule has 0 radical (unpaired) electrons. The number of carbonyl (C=O) groups excluding carboxylic acids is 3. The first-order chi connectivity index (χ1) is 14.0. The lowest BCUT2D eigenvalue weighted by atomic mass is 10.1. The van der Waals surface area contributed by atoms with Crippen molar-refractivity contribution in [3.63, 3.8) is 0 Å². The second kappa shape index (κ2) is 6.17. The first-order valence-electron chi connectivity index (χ1n) is 8.94. The van der Waals surface area contributed by atoms with Crippen LogP contribution in [0.4, 0.5) is 5.69 Å². The molecular weight excluding hydrogens is 368 g/mol. The summed E-state index contributed by atoms with van der Waals surface area (Å²) in [6.07, 6.45) is 3.92. The van der Waals surface area contributed by atoms with Crippen molar-refractivity contribution in [3.05, 3.63) is 95.8 Å². The van der Waals surface area contributed by atoms with E-state index in [0.29, 0.717) is 5.69 Å². The van der Waals surface area contributed by atoms with Gasteiger partial charge in [-0.2, -0.15) is 0 Å². The van der Waals surface area contributed by atoms with Gasteiger partial charge in [0, 0.05) is 23.5 Å². The molecular formula is C23H13N2O4-. The molecule has 0 bridgehead atoms.